The average molecular weight is 250 g/mol. The monoisotopic (exact) mass is 250 g/mol. The molecule has 0 fully saturated rings. The summed E-state index contributed by atoms with van der Waals surface area (Å²) in [5, 5.41) is 5.47. The highest BCUT2D eigenvalue weighted by Crippen LogP contribution is 2.18. The zero-order valence-corrected chi connectivity index (χ0v) is 8.71. The summed E-state index contributed by atoms with van der Waals surface area (Å²) in [7, 11) is 1.25. The maximum Gasteiger partial charge on any atom is 0.408 e. The number of amides is 2. The van der Waals surface area contributed by atoms with Crippen LogP contribution in [0.1, 0.15) is 21.0 Å². The number of aromatic nitrogens is 2. The number of carbonyl (C=O) groups is 2. The Bertz CT molecular complexity index is 452. The molecule has 1 heterocycles. The second-order valence-corrected chi connectivity index (χ2v) is 3.13. The number of halogens is 3. The summed E-state index contributed by atoms with van der Waals surface area (Å²) >= 11 is 0. The molecule has 0 aliphatic carbocycles. The van der Waals surface area contributed by atoms with Crippen LogP contribution in [0.4, 0.5) is 13.2 Å². The SMILES string of the molecule is CNC(=O)c1cc(C(N)=O)nn1CC(F)(F)F. The molecule has 0 saturated heterocycles. The van der Waals surface area contributed by atoms with Crippen LogP contribution in [0.15, 0.2) is 6.07 Å². The molecule has 1 rings (SSSR count). The number of nitrogens with two attached hydrogens (primary N) is 1. The molecule has 94 valence electrons. The Kier molecular flexibility index (Phi) is 3.39. The number of nitrogens with one attached hydrogen (secondary N) is 1. The number of alkyl halides is 3. The second-order valence-electron chi connectivity index (χ2n) is 3.13. The van der Waals surface area contributed by atoms with E-state index in [4.69, 9.17) is 5.73 Å². The number of hydrogen-bond donors (Lipinski definition) is 2. The van der Waals surface area contributed by atoms with Crippen molar-refractivity contribution in [1.82, 2.24) is 15.1 Å². The average Bonchev–Trinajstić information content (AvgIpc) is 2.58. The molecule has 0 aliphatic heterocycles. The molecule has 6 nitrogen and oxygen atoms in total. The molecule has 0 unspecified atom stereocenters. The normalized spacial score (nSPS) is 11.3. The van der Waals surface area contributed by atoms with Gasteiger partial charge in [0.2, 0.25) is 0 Å². The number of nitrogens with zero attached hydrogens (tertiary/aromatic N) is 2. The van der Waals surface area contributed by atoms with Gasteiger partial charge in [-0.3, -0.25) is 9.59 Å². The smallest absolute Gasteiger partial charge is 0.364 e. The first-order valence-corrected chi connectivity index (χ1v) is 4.41. The summed E-state index contributed by atoms with van der Waals surface area (Å²) in [6.07, 6.45) is -4.55. The predicted octanol–water partition coefficient (Wildman–Crippen LogP) is -0.0961. The summed E-state index contributed by atoms with van der Waals surface area (Å²) in [5.74, 6) is -1.79. The van der Waals surface area contributed by atoms with Gasteiger partial charge in [0.15, 0.2) is 5.69 Å². The first-order chi connectivity index (χ1) is 7.74. The van der Waals surface area contributed by atoms with Gasteiger partial charge in [0.25, 0.3) is 11.8 Å². The summed E-state index contributed by atoms with van der Waals surface area (Å²) in [5.41, 5.74) is 4.10. The van der Waals surface area contributed by atoms with Crippen LogP contribution in [0, 0.1) is 0 Å². The van der Waals surface area contributed by atoms with E-state index in [0.717, 1.165) is 6.07 Å². The molecule has 9 heteroatoms. The third-order valence-corrected chi connectivity index (χ3v) is 1.82. The van der Waals surface area contributed by atoms with Crippen molar-refractivity contribution < 1.29 is 22.8 Å². The molecule has 0 aromatic carbocycles. The van der Waals surface area contributed by atoms with Gasteiger partial charge in [-0.2, -0.15) is 18.3 Å². The van der Waals surface area contributed by atoms with Gasteiger partial charge >= 0.3 is 6.18 Å². The van der Waals surface area contributed by atoms with Crippen molar-refractivity contribution in [3.63, 3.8) is 0 Å². The predicted molar refractivity (Wildman–Crippen MR) is 50.2 cm³/mol. The van der Waals surface area contributed by atoms with Gasteiger partial charge in [-0.05, 0) is 0 Å². The van der Waals surface area contributed by atoms with Crippen LogP contribution in [-0.2, 0) is 6.54 Å². The molecule has 0 saturated carbocycles. The summed E-state index contributed by atoms with van der Waals surface area (Å²) < 4.78 is 37.0. The Hall–Kier alpha value is -2.06. The third kappa shape index (κ3) is 3.20. The second kappa shape index (κ2) is 4.44. The zero-order chi connectivity index (χ0) is 13.2. The highest BCUT2D eigenvalue weighted by atomic mass is 19.4. The van der Waals surface area contributed by atoms with Crippen molar-refractivity contribution in [2.45, 2.75) is 12.7 Å². The van der Waals surface area contributed by atoms with E-state index in [2.05, 4.69) is 10.4 Å². The van der Waals surface area contributed by atoms with Crippen LogP contribution < -0.4 is 11.1 Å². The molecule has 17 heavy (non-hydrogen) atoms. The Morgan fingerprint density at radius 1 is 1.53 bits per heavy atom. The van der Waals surface area contributed by atoms with Gasteiger partial charge in [0.05, 0.1) is 0 Å². The Balaban J connectivity index is 3.17. The lowest BCUT2D eigenvalue weighted by atomic mass is 10.3. The lowest BCUT2D eigenvalue weighted by Crippen LogP contribution is -2.26. The fourth-order valence-electron chi connectivity index (χ4n) is 1.14. The minimum absolute atomic E-state index is 0.376. The van der Waals surface area contributed by atoms with Gasteiger partial charge in [-0.1, -0.05) is 0 Å². The number of rotatable bonds is 3. The number of carbonyl (C=O) groups excluding carboxylic acids is 2. The van der Waals surface area contributed by atoms with Crippen LogP contribution in [-0.4, -0.2) is 34.8 Å². The minimum atomic E-state index is -4.55. The van der Waals surface area contributed by atoms with E-state index in [9.17, 15) is 22.8 Å². The van der Waals surface area contributed by atoms with Crippen LogP contribution in [0.2, 0.25) is 0 Å². The van der Waals surface area contributed by atoms with Crippen molar-refractivity contribution in [2.24, 2.45) is 5.73 Å². The van der Waals surface area contributed by atoms with Gasteiger partial charge in [0.1, 0.15) is 12.2 Å². The van der Waals surface area contributed by atoms with Gasteiger partial charge in [-0.25, -0.2) is 4.68 Å². The quantitative estimate of drug-likeness (QED) is 0.785. The standard InChI is InChI=1S/C8H9F3N4O2/c1-13-7(17)5-2-4(6(12)16)14-15(5)3-8(9,10)11/h2H,3H2,1H3,(H2,12,16)(H,13,17). The van der Waals surface area contributed by atoms with Crippen LogP contribution in [0.5, 0.6) is 0 Å². The fraction of sp³-hybridized carbons (Fsp3) is 0.375. The lowest BCUT2D eigenvalue weighted by Gasteiger charge is -2.08. The molecule has 0 atom stereocenters. The molecule has 3 N–H and O–H groups in total. The van der Waals surface area contributed by atoms with Crippen molar-refractivity contribution in [1.29, 1.82) is 0 Å². The molecule has 1 aromatic heterocycles. The van der Waals surface area contributed by atoms with Crippen LogP contribution in [0.25, 0.3) is 0 Å². The lowest BCUT2D eigenvalue weighted by molar-refractivity contribution is -0.142. The molecule has 2 amide bonds. The molecule has 0 aliphatic rings. The van der Waals surface area contributed by atoms with Gasteiger partial charge in [-0.15, -0.1) is 0 Å². The Labute approximate surface area is 93.6 Å². The van der Waals surface area contributed by atoms with Gasteiger partial charge in [0, 0.05) is 13.1 Å². The summed E-state index contributed by atoms with van der Waals surface area (Å²) in [4.78, 5) is 22.0. The van der Waals surface area contributed by atoms with Crippen molar-refractivity contribution in [3.8, 4) is 0 Å². The largest absolute Gasteiger partial charge is 0.408 e. The Morgan fingerprint density at radius 2 is 2.12 bits per heavy atom. The first-order valence-electron chi connectivity index (χ1n) is 4.41. The maximum absolute atomic E-state index is 12.2. The van der Waals surface area contributed by atoms with E-state index in [1.807, 2.05) is 0 Å². The van der Waals surface area contributed by atoms with E-state index in [0.29, 0.717) is 4.68 Å². The molecule has 0 bridgehead atoms. The van der Waals surface area contributed by atoms with E-state index in [-0.39, 0.29) is 5.69 Å². The van der Waals surface area contributed by atoms with E-state index < -0.39 is 30.2 Å². The molecular weight excluding hydrogens is 241 g/mol. The van der Waals surface area contributed by atoms with Crippen molar-refractivity contribution in [2.75, 3.05) is 7.05 Å². The van der Waals surface area contributed by atoms with E-state index in [1.54, 1.807) is 0 Å². The van der Waals surface area contributed by atoms with Crippen molar-refractivity contribution >= 4 is 11.8 Å². The zero-order valence-electron chi connectivity index (χ0n) is 8.71. The van der Waals surface area contributed by atoms with Crippen LogP contribution >= 0.6 is 0 Å². The number of primary amides is 1. The Morgan fingerprint density at radius 3 is 2.53 bits per heavy atom. The van der Waals surface area contributed by atoms with E-state index >= 15 is 0 Å². The maximum atomic E-state index is 12.2. The first kappa shape index (κ1) is 13.0. The highest BCUT2D eigenvalue weighted by Gasteiger charge is 2.31. The number of hydrogen-bond acceptors (Lipinski definition) is 3. The fourth-order valence-corrected chi connectivity index (χ4v) is 1.14. The molecule has 1 aromatic rings. The third-order valence-electron chi connectivity index (χ3n) is 1.82. The van der Waals surface area contributed by atoms with E-state index in [1.165, 1.54) is 7.05 Å². The highest BCUT2D eigenvalue weighted by molar-refractivity contribution is 5.97. The molecule has 0 radical (unpaired) electrons. The molecular formula is C8H9F3N4O2. The van der Waals surface area contributed by atoms with Crippen molar-refractivity contribution in [3.05, 3.63) is 17.5 Å². The summed E-state index contributed by atoms with van der Waals surface area (Å²) in [6.45, 7) is -1.47. The van der Waals surface area contributed by atoms with Crippen LogP contribution in [0.3, 0.4) is 0 Å². The summed E-state index contributed by atoms with van der Waals surface area (Å²) in [6, 6.07) is 0.910. The van der Waals surface area contributed by atoms with Gasteiger partial charge < -0.3 is 11.1 Å². The minimum Gasteiger partial charge on any atom is -0.364 e. The molecule has 0 spiro atoms. The topological polar surface area (TPSA) is 90.0 Å².